The van der Waals surface area contributed by atoms with E-state index in [1.54, 1.807) is 6.07 Å². The van der Waals surface area contributed by atoms with Crippen LogP contribution in [-0.4, -0.2) is 29.3 Å². The molecule has 0 aromatic heterocycles. The minimum absolute atomic E-state index is 0.0103. The first-order valence-corrected chi connectivity index (χ1v) is 8.66. The molecule has 0 saturated heterocycles. The maximum Gasteiger partial charge on any atom is 0.255 e. The molecule has 1 aliphatic rings. The third-order valence-corrected chi connectivity index (χ3v) is 5.25. The Morgan fingerprint density at radius 3 is 2.65 bits per heavy atom. The zero-order chi connectivity index (χ0) is 14.5. The first-order chi connectivity index (χ1) is 9.65. The number of alkyl halides is 1. The molecule has 0 radical (unpaired) electrons. The zero-order valence-corrected chi connectivity index (χ0v) is 14.3. The van der Waals surface area contributed by atoms with Crippen LogP contribution in [0.25, 0.3) is 0 Å². The SMILES string of the molecule is O=C(c1cccc(Br)c1Cl)N(CCCl)C1CCCCC1. The van der Waals surface area contributed by atoms with E-state index >= 15 is 0 Å². The van der Waals surface area contributed by atoms with Gasteiger partial charge in [0.05, 0.1) is 10.6 Å². The third kappa shape index (κ3) is 3.69. The third-order valence-electron chi connectivity index (χ3n) is 3.78. The Morgan fingerprint density at radius 1 is 1.30 bits per heavy atom. The first kappa shape index (κ1) is 16.1. The number of hydrogen-bond donors (Lipinski definition) is 0. The molecule has 0 bridgehead atoms. The predicted octanol–water partition coefficient (Wildman–Crippen LogP) is 5.12. The fourth-order valence-corrected chi connectivity index (χ4v) is 3.51. The average Bonchev–Trinajstić information content (AvgIpc) is 2.48. The van der Waals surface area contributed by atoms with Crippen LogP contribution < -0.4 is 0 Å². The molecule has 2 rings (SSSR count). The summed E-state index contributed by atoms with van der Waals surface area (Å²) in [6.07, 6.45) is 5.76. The Balaban J connectivity index is 2.23. The number of carbonyl (C=O) groups is 1. The fourth-order valence-electron chi connectivity index (χ4n) is 2.76. The van der Waals surface area contributed by atoms with E-state index in [0.29, 0.717) is 29.1 Å². The van der Waals surface area contributed by atoms with Gasteiger partial charge in [-0.05, 0) is 40.9 Å². The van der Waals surface area contributed by atoms with Gasteiger partial charge in [-0.2, -0.15) is 0 Å². The molecule has 0 heterocycles. The Morgan fingerprint density at radius 2 is 2.00 bits per heavy atom. The highest BCUT2D eigenvalue weighted by Gasteiger charge is 2.27. The van der Waals surface area contributed by atoms with Crippen LogP contribution in [0.5, 0.6) is 0 Å². The second kappa shape index (κ2) is 7.67. The van der Waals surface area contributed by atoms with E-state index < -0.39 is 0 Å². The van der Waals surface area contributed by atoms with Crippen LogP contribution >= 0.6 is 39.1 Å². The molecule has 1 aliphatic carbocycles. The number of amides is 1. The number of hydrogen-bond acceptors (Lipinski definition) is 1. The molecule has 0 spiro atoms. The van der Waals surface area contributed by atoms with Crippen molar-refractivity contribution < 1.29 is 4.79 Å². The van der Waals surface area contributed by atoms with Gasteiger partial charge in [-0.25, -0.2) is 0 Å². The van der Waals surface area contributed by atoms with Gasteiger partial charge in [-0.15, -0.1) is 11.6 Å². The van der Waals surface area contributed by atoms with Crippen molar-refractivity contribution in [3.63, 3.8) is 0 Å². The quantitative estimate of drug-likeness (QED) is 0.666. The van der Waals surface area contributed by atoms with Gasteiger partial charge in [0, 0.05) is 22.9 Å². The maximum atomic E-state index is 12.8. The highest BCUT2D eigenvalue weighted by Crippen LogP contribution is 2.29. The van der Waals surface area contributed by atoms with Gasteiger partial charge in [0.15, 0.2) is 0 Å². The lowest BCUT2D eigenvalue weighted by atomic mass is 9.93. The molecule has 1 aromatic carbocycles. The molecule has 5 heteroatoms. The van der Waals surface area contributed by atoms with E-state index in [1.165, 1.54) is 19.3 Å². The second-order valence-corrected chi connectivity index (χ2v) is 6.69. The summed E-state index contributed by atoms with van der Waals surface area (Å²) in [5.74, 6) is 0.442. The van der Waals surface area contributed by atoms with Crippen LogP contribution in [0.15, 0.2) is 22.7 Å². The molecule has 0 N–H and O–H groups in total. The van der Waals surface area contributed by atoms with E-state index in [1.807, 2.05) is 17.0 Å². The van der Waals surface area contributed by atoms with Crippen molar-refractivity contribution in [2.45, 2.75) is 38.1 Å². The predicted molar refractivity (Wildman–Crippen MR) is 87.8 cm³/mol. The van der Waals surface area contributed by atoms with Crippen molar-refractivity contribution in [3.05, 3.63) is 33.3 Å². The van der Waals surface area contributed by atoms with E-state index in [9.17, 15) is 4.79 Å². The van der Waals surface area contributed by atoms with Crippen LogP contribution in [0.3, 0.4) is 0 Å². The molecular formula is C15H18BrCl2NO. The number of benzene rings is 1. The summed E-state index contributed by atoms with van der Waals surface area (Å²) >= 11 is 15.5. The topological polar surface area (TPSA) is 20.3 Å². The molecule has 0 atom stereocenters. The Bertz CT molecular complexity index is 475. The molecule has 0 unspecified atom stereocenters. The van der Waals surface area contributed by atoms with Crippen molar-refractivity contribution in [1.29, 1.82) is 0 Å². The van der Waals surface area contributed by atoms with Crippen molar-refractivity contribution >= 4 is 45.0 Å². The van der Waals surface area contributed by atoms with Gasteiger partial charge < -0.3 is 4.90 Å². The van der Waals surface area contributed by atoms with Crippen LogP contribution in [0.2, 0.25) is 5.02 Å². The highest BCUT2D eigenvalue weighted by atomic mass is 79.9. The Kier molecular flexibility index (Phi) is 6.19. The molecule has 1 aromatic rings. The van der Waals surface area contributed by atoms with Crippen LogP contribution in [0, 0.1) is 0 Å². The van der Waals surface area contributed by atoms with Crippen molar-refractivity contribution in [1.82, 2.24) is 4.90 Å². The second-order valence-electron chi connectivity index (χ2n) is 5.08. The normalized spacial score (nSPS) is 16.1. The summed E-state index contributed by atoms with van der Waals surface area (Å²) in [5.41, 5.74) is 0.553. The van der Waals surface area contributed by atoms with Crippen LogP contribution in [0.4, 0.5) is 0 Å². The molecule has 1 fully saturated rings. The van der Waals surface area contributed by atoms with E-state index in [2.05, 4.69) is 15.9 Å². The largest absolute Gasteiger partial charge is 0.334 e. The lowest BCUT2D eigenvalue weighted by molar-refractivity contribution is 0.0650. The minimum Gasteiger partial charge on any atom is -0.334 e. The summed E-state index contributed by atoms with van der Waals surface area (Å²) < 4.78 is 0.750. The standard InChI is InChI=1S/C15H18BrCl2NO/c16-13-8-4-7-12(14(13)18)15(20)19(10-9-17)11-5-2-1-3-6-11/h4,7-8,11H,1-3,5-6,9-10H2. The Labute approximate surface area is 138 Å². The summed E-state index contributed by atoms with van der Waals surface area (Å²) in [6.45, 7) is 0.577. The Hall–Kier alpha value is -0.250. The minimum atomic E-state index is -0.0103. The molecule has 1 amide bonds. The summed E-state index contributed by atoms with van der Waals surface area (Å²) in [5, 5.41) is 0.480. The monoisotopic (exact) mass is 377 g/mol. The van der Waals surface area contributed by atoms with E-state index in [0.717, 1.165) is 17.3 Å². The van der Waals surface area contributed by atoms with Crippen molar-refractivity contribution in [2.24, 2.45) is 0 Å². The highest BCUT2D eigenvalue weighted by molar-refractivity contribution is 9.10. The molecule has 2 nitrogen and oxygen atoms in total. The van der Waals surface area contributed by atoms with Crippen molar-refractivity contribution in [3.8, 4) is 0 Å². The molecule has 110 valence electrons. The van der Waals surface area contributed by atoms with Gasteiger partial charge >= 0.3 is 0 Å². The van der Waals surface area contributed by atoms with Gasteiger partial charge in [0.2, 0.25) is 0 Å². The van der Waals surface area contributed by atoms with Gasteiger partial charge in [-0.1, -0.05) is 36.9 Å². The summed E-state index contributed by atoms with van der Waals surface area (Å²) in [6, 6.07) is 5.75. The number of carbonyl (C=O) groups excluding carboxylic acids is 1. The molecule has 0 aliphatic heterocycles. The van der Waals surface area contributed by atoms with Gasteiger partial charge in [-0.3, -0.25) is 4.79 Å². The lowest BCUT2D eigenvalue weighted by Crippen LogP contribution is -2.42. The molecular weight excluding hydrogens is 361 g/mol. The fraction of sp³-hybridized carbons (Fsp3) is 0.533. The number of rotatable bonds is 4. The zero-order valence-electron chi connectivity index (χ0n) is 11.2. The summed E-state index contributed by atoms with van der Waals surface area (Å²) in [4.78, 5) is 14.7. The first-order valence-electron chi connectivity index (χ1n) is 6.96. The van der Waals surface area contributed by atoms with Crippen molar-refractivity contribution in [2.75, 3.05) is 12.4 Å². The smallest absolute Gasteiger partial charge is 0.255 e. The van der Waals surface area contributed by atoms with Gasteiger partial charge in [0.1, 0.15) is 0 Å². The van der Waals surface area contributed by atoms with Gasteiger partial charge in [0.25, 0.3) is 5.91 Å². The van der Waals surface area contributed by atoms with E-state index in [-0.39, 0.29) is 5.91 Å². The molecule has 1 saturated carbocycles. The number of halogens is 3. The average molecular weight is 379 g/mol. The van der Waals surface area contributed by atoms with Crippen LogP contribution in [0.1, 0.15) is 42.5 Å². The summed E-state index contributed by atoms with van der Waals surface area (Å²) in [7, 11) is 0. The maximum absolute atomic E-state index is 12.8. The molecule has 20 heavy (non-hydrogen) atoms. The lowest BCUT2D eigenvalue weighted by Gasteiger charge is -2.34. The van der Waals surface area contributed by atoms with Crippen LogP contribution in [-0.2, 0) is 0 Å². The van der Waals surface area contributed by atoms with E-state index in [4.69, 9.17) is 23.2 Å². The number of nitrogens with zero attached hydrogens (tertiary/aromatic N) is 1.